The summed E-state index contributed by atoms with van der Waals surface area (Å²) in [5, 5.41) is 0. The minimum atomic E-state index is 0.588. The van der Waals surface area contributed by atoms with E-state index in [2.05, 4.69) is 49.1 Å². The molecule has 0 spiro atoms. The molecule has 0 N–H and O–H groups in total. The summed E-state index contributed by atoms with van der Waals surface area (Å²) in [5.74, 6) is 0. The second kappa shape index (κ2) is 3.51. The molecule has 1 aromatic carbocycles. The standard InChI is InChI=1S/C12H17N/c1-10-8-9-13(10)11(2)12-6-4-3-5-7-12/h3-7,10-11H,8-9H2,1-2H3/t10-,11-/m0/s1. The molecule has 0 saturated carbocycles. The Kier molecular flexibility index (Phi) is 2.36. The molecule has 1 aliphatic heterocycles. The minimum Gasteiger partial charge on any atom is -0.294 e. The lowest BCUT2D eigenvalue weighted by Gasteiger charge is -2.43. The van der Waals surface area contributed by atoms with Crippen molar-refractivity contribution in [2.75, 3.05) is 6.54 Å². The summed E-state index contributed by atoms with van der Waals surface area (Å²) >= 11 is 0. The Morgan fingerprint density at radius 1 is 1.31 bits per heavy atom. The summed E-state index contributed by atoms with van der Waals surface area (Å²) in [4.78, 5) is 2.55. The van der Waals surface area contributed by atoms with Crippen LogP contribution in [0.3, 0.4) is 0 Å². The summed E-state index contributed by atoms with van der Waals surface area (Å²) in [6.07, 6.45) is 1.36. The van der Waals surface area contributed by atoms with E-state index in [1.54, 1.807) is 0 Å². The predicted molar refractivity (Wildman–Crippen MR) is 55.6 cm³/mol. The Balaban J connectivity index is 2.09. The molecule has 1 saturated heterocycles. The number of rotatable bonds is 2. The van der Waals surface area contributed by atoms with E-state index in [9.17, 15) is 0 Å². The molecule has 0 bridgehead atoms. The van der Waals surface area contributed by atoms with Crippen molar-refractivity contribution < 1.29 is 0 Å². The van der Waals surface area contributed by atoms with Crippen LogP contribution in [0.15, 0.2) is 30.3 Å². The van der Waals surface area contributed by atoms with Crippen LogP contribution in [-0.4, -0.2) is 17.5 Å². The van der Waals surface area contributed by atoms with Crippen LogP contribution in [-0.2, 0) is 0 Å². The van der Waals surface area contributed by atoms with Gasteiger partial charge < -0.3 is 0 Å². The Hall–Kier alpha value is -0.820. The summed E-state index contributed by atoms with van der Waals surface area (Å²) in [5.41, 5.74) is 1.44. The molecule has 0 unspecified atom stereocenters. The number of likely N-dealkylation sites (tertiary alicyclic amines) is 1. The van der Waals surface area contributed by atoms with Crippen LogP contribution in [0.5, 0.6) is 0 Å². The first kappa shape index (κ1) is 8.76. The highest BCUT2D eigenvalue weighted by Crippen LogP contribution is 2.29. The van der Waals surface area contributed by atoms with Gasteiger partial charge in [-0.3, -0.25) is 4.90 Å². The molecular weight excluding hydrogens is 158 g/mol. The third kappa shape index (κ3) is 1.61. The third-order valence-electron chi connectivity index (χ3n) is 3.15. The van der Waals surface area contributed by atoms with Crippen molar-refractivity contribution in [1.29, 1.82) is 0 Å². The molecule has 1 heterocycles. The molecule has 2 atom stereocenters. The van der Waals surface area contributed by atoms with E-state index in [4.69, 9.17) is 0 Å². The Morgan fingerprint density at radius 2 is 2.00 bits per heavy atom. The van der Waals surface area contributed by atoms with Crippen LogP contribution in [0.4, 0.5) is 0 Å². The van der Waals surface area contributed by atoms with Gasteiger partial charge >= 0.3 is 0 Å². The molecule has 2 rings (SSSR count). The van der Waals surface area contributed by atoms with Gasteiger partial charge in [-0.25, -0.2) is 0 Å². The molecule has 0 radical (unpaired) electrons. The lowest BCUT2D eigenvalue weighted by Crippen LogP contribution is -2.46. The summed E-state index contributed by atoms with van der Waals surface area (Å²) in [6, 6.07) is 12.1. The first-order chi connectivity index (χ1) is 6.29. The van der Waals surface area contributed by atoms with Gasteiger partial charge in [-0.1, -0.05) is 30.3 Å². The topological polar surface area (TPSA) is 3.24 Å². The van der Waals surface area contributed by atoms with Gasteiger partial charge in [0.05, 0.1) is 0 Å². The maximum Gasteiger partial charge on any atom is 0.0322 e. The van der Waals surface area contributed by atoms with Crippen molar-refractivity contribution in [3.63, 3.8) is 0 Å². The fourth-order valence-corrected chi connectivity index (χ4v) is 2.03. The summed E-state index contributed by atoms with van der Waals surface area (Å²) in [7, 11) is 0. The first-order valence-electron chi connectivity index (χ1n) is 5.09. The van der Waals surface area contributed by atoms with E-state index in [0.717, 1.165) is 6.04 Å². The van der Waals surface area contributed by atoms with Crippen molar-refractivity contribution in [2.24, 2.45) is 0 Å². The van der Waals surface area contributed by atoms with Crippen LogP contribution in [0, 0.1) is 0 Å². The van der Waals surface area contributed by atoms with Gasteiger partial charge in [0.2, 0.25) is 0 Å². The smallest absolute Gasteiger partial charge is 0.0322 e. The Morgan fingerprint density at radius 3 is 2.46 bits per heavy atom. The van der Waals surface area contributed by atoms with E-state index in [-0.39, 0.29) is 0 Å². The normalized spacial score (nSPS) is 25.2. The largest absolute Gasteiger partial charge is 0.294 e. The molecular formula is C12H17N. The van der Waals surface area contributed by atoms with Crippen LogP contribution < -0.4 is 0 Å². The zero-order valence-electron chi connectivity index (χ0n) is 8.40. The summed E-state index contributed by atoms with van der Waals surface area (Å²) < 4.78 is 0. The van der Waals surface area contributed by atoms with Crippen LogP contribution >= 0.6 is 0 Å². The van der Waals surface area contributed by atoms with Gasteiger partial charge in [0, 0.05) is 18.6 Å². The lowest BCUT2D eigenvalue weighted by molar-refractivity contribution is 0.0605. The molecule has 0 amide bonds. The Bertz CT molecular complexity index is 268. The highest BCUT2D eigenvalue weighted by atomic mass is 15.2. The van der Waals surface area contributed by atoms with E-state index in [1.165, 1.54) is 18.5 Å². The molecule has 1 fully saturated rings. The van der Waals surface area contributed by atoms with E-state index in [1.807, 2.05) is 0 Å². The van der Waals surface area contributed by atoms with Crippen LogP contribution in [0.25, 0.3) is 0 Å². The first-order valence-corrected chi connectivity index (χ1v) is 5.09. The number of nitrogens with zero attached hydrogens (tertiary/aromatic N) is 1. The second-order valence-corrected chi connectivity index (χ2v) is 3.96. The highest BCUT2D eigenvalue weighted by molar-refractivity contribution is 5.19. The average Bonchev–Trinajstić information content (AvgIpc) is 2.17. The van der Waals surface area contributed by atoms with Gasteiger partial charge in [-0.2, -0.15) is 0 Å². The predicted octanol–water partition coefficient (Wildman–Crippen LogP) is 2.84. The number of benzene rings is 1. The monoisotopic (exact) mass is 175 g/mol. The van der Waals surface area contributed by atoms with Crippen molar-refractivity contribution in [3.8, 4) is 0 Å². The zero-order chi connectivity index (χ0) is 9.26. The van der Waals surface area contributed by atoms with Crippen molar-refractivity contribution >= 4 is 0 Å². The van der Waals surface area contributed by atoms with E-state index < -0.39 is 0 Å². The van der Waals surface area contributed by atoms with Crippen molar-refractivity contribution in [2.45, 2.75) is 32.4 Å². The molecule has 70 valence electrons. The molecule has 0 aliphatic carbocycles. The molecule has 0 aromatic heterocycles. The molecule has 1 aromatic rings. The molecule has 13 heavy (non-hydrogen) atoms. The fourth-order valence-electron chi connectivity index (χ4n) is 2.03. The lowest BCUT2D eigenvalue weighted by atomic mass is 9.98. The maximum absolute atomic E-state index is 2.55. The zero-order valence-corrected chi connectivity index (χ0v) is 8.40. The number of hydrogen-bond acceptors (Lipinski definition) is 1. The van der Waals surface area contributed by atoms with Gasteiger partial charge in [0.15, 0.2) is 0 Å². The Labute approximate surface area is 80.4 Å². The van der Waals surface area contributed by atoms with E-state index in [0.29, 0.717) is 6.04 Å². The molecule has 1 nitrogen and oxygen atoms in total. The fraction of sp³-hybridized carbons (Fsp3) is 0.500. The van der Waals surface area contributed by atoms with Crippen LogP contribution in [0.1, 0.15) is 31.9 Å². The maximum atomic E-state index is 2.55. The SMILES string of the molecule is C[C@H]1CCN1[C@@H](C)c1ccccc1. The molecule has 1 aliphatic rings. The quantitative estimate of drug-likeness (QED) is 0.668. The van der Waals surface area contributed by atoms with Gasteiger partial charge in [-0.15, -0.1) is 0 Å². The molecule has 1 heteroatoms. The van der Waals surface area contributed by atoms with Gasteiger partial charge in [0.25, 0.3) is 0 Å². The second-order valence-electron chi connectivity index (χ2n) is 3.96. The highest BCUT2D eigenvalue weighted by Gasteiger charge is 2.28. The number of hydrogen-bond donors (Lipinski definition) is 0. The third-order valence-corrected chi connectivity index (χ3v) is 3.15. The van der Waals surface area contributed by atoms with Crippen LogP contribution in [0.2, 0.25) is 0 Å². The summed E-state index contributed by atoms with van der Waals surface area (Å²) in [6.45, 7) is 5.87. The van der Waals surface area contributed by atoms with Crippen molar-refractivity contribution in [1.82, 2.24) is 4.90 Å². The van der Waals surface area contributed by atoms with Gasteiger partial charge in [-0.05, 0) is 25.8 Å². The average molecular weight is 175 g/mol. The van der Waals surface area contributed by atoms with Crippen molar-refractivity contribution in [3.05, 3.63) is 35.9 Å². The van der Waals surface area contributed by atoms with E-state index >= 15 is 0 Å². The van der Waals surface area contributed by atoms with Gasteiger partial charge in [0.1, 0.15) is 0 Å². The minimum absolute atomic E-state index is 0.588.